The Kier molecular flexibility index (Phi) is 4.89. The van der Waals surface area contributed by atoms with Crippen LogP contribution in [0.4, 0.5) is 9.18 Å². The predicted octanol–water partition coefficient (Wildman–Crippen LogP) is 2.72. The van der Waals surface area contributed by atoms with Crippen LogP contribution in [-0.2, 0) is 4.74 Å². The van der Waals surface area contributed by atoms with Crippen LogP contribution >= 0.6 is 0 Å². The Morgan fingerprint density at radius 3 is 2.35 bits per heavy atom. The topological polar surface area (TPSA) is 41.6 Å². The summed E-state index contributed by atoms with van der Waals surface area (Å²) in [5.41, 5.74) is -0.443. The number of ether oxygens (including phenoxy) is 1. The van der Waals surface area contributed by atoms with E-state index in [1.807, 2.05) is 20.8 Å². The second kappa shape index (κ2) is 6.29. The molecular weight excluding hydrogens is 259 g/mol. The van der Waals surface area contributed by atoms with Crippen molar-refractivity contribution in [3.8, 4) is 0 Å². The summed E-state index contributed by atoms with van der Waals surface area (Å²) in [6.07, 6.45) is 3.28. The number of likely N-dealkylation sites (tertiary alicyclic amines) is 1. The summed E-state index contributed by atoms with van der Waals surface area (Å²) in [4.78, 5) is 13.9. The van der Waals surface area contributed by atoms with Gasteiger partial charge in [-0.05, 0) is 52.4 Å². The molecule has 0 spiro atoms. The highest BCUT2D eigenvalue weighted by Gasteiger charge is 2.30. The summed E-state index contributed by atoms with van der Waals surface area (Å²) in [6.45, 7) is 7.84. The average Bonchev–Trinajstić information content (AvgIpc) is 2.27. The summed E-state index contributed by atoms with van der Waals surface area (Å²) in [7, 11) is 0. The summed E-state index contributed by atoms with van der Waals surface area (Å²) in [5, 5.41) is 2.95. The minimum atomic E-state index is -0.611. The normalized spacial score (nSPS) is 28.8. The number of halogens is 1. The van der Waals surface area contributed by atoms with E-state index in [9.17, 15) is 9.18 Å². The first-order valence-corrected chi connectivity index (χ1v) is 7.68. The lowest BCUT2D eigenvalue weighted by Gasteiger charge is -2.39. The van der Waals surface area contributed by atoms with Gasteiger partial charge in [-0.15, -0.1) is 0 Å². The van der Waals surface area contributed by atoms with Gasteiger partial charge < -0.3 is 10.1 Å². The number of nitrogens with one attached hydrogen (secondary N) is 1. The van der Waals surface area contributed by atoms with Gasteiger partial charge in [0, 0.05) is 25.7 Å². The molecule has 116 valence electrons. The van der Waals surface area contributed by atoms with Gasteiger partial charge in [0.15, 0.2) is 0 Å². The Labute approximate surface area is 121 Å². The maximum Gasteiger partial charge on any atom is 0.407 e. The average molecular weight is 286 g/mol. The van der Waals surface area contributed by atoms with Gasteiger partial charge in [-0.1, -0.05) is 0 Å². The molecule has 0 bridgehead atoms. The molecule has 0 aromatic carbocycles. The van der Waals surface area contributed by atoms with Crippen molar-refractivity contribution in [1.29, 1.82) is 0 Å². The summed E-state index contributed by atoms with van der Waals surface area (Å²) in [6, 6.07) is 0.228. The van der Waals surface area contributed by atoms with Crippen LogP contribution in [0.1, 0.15) is 46.5 Å². The van der Waals surface area contributed by atoms with Crippen LogP contribution in [0.5, 0.6) is 0 Å². The molecule has 1 aliphatic carbocycles. The Hall–Kier alpha value is -0.840. The van der Waals surface area contributed by atoms with Crippen LogP contribution in [0.3, 0.4) is 0 Å². The van der Waals surface area contributed by atoms with Crippen LogP contribution in [0.25, 0.3) is 0 Å². The molecule has 4 nitrogen and oxygen atoms in total. The molecule has 5 heteroatoms. The highest BCUT2D eigenvalue weighted by atomic mass is 19.1. The Morgan fingerprint density at radius 2 is 1.85 bits per heavy atom. The molecule has 20 heavy (non-hydrogen) atoms. The van der Waals surface area contributed by atoms with E-state index < -0.39 is 11.8 Å². The van der Waals surface area contributed by atoms with Crippen molar-refractivity contribution in [1.82, 2.24) is 10.2 Å². The fraction of sp³-hybridized carbons (Fsp3) is 0.933. The van der Waals surface area contributed by atoms with E-state index in [0.717, 1.165) is 32.2 Å². The van der Waals surface area contributed by atoms with Gasteiger partial charge in [0.1, 0.15) is 11.8 Å². The lowest BCUT2D eigenvalue weighted by atomic mass is 9.85. The highest BCUT2D eigenvalue weighted by Crippen LogP contribution is 2.27. The number of hydrogen-bond acceptors (Lipinski definition) is 3. The first-order chi connectivity index (χ1) is 9.32. The number of nitrogens with zero attached hydrogens (tertiary/aromatic N) is 1. The van der Waals surface area contributed by atoms with Crippen LogP contribution in [-0.4, -0.2) is 48.4 Å². The molecule has 1 saturated carbocycles. The van der Waals surface area contributed by atoms with Gasteiger partial charge in [-0.2, -0.15) is 0 Å². The third-order valence-electron chi connectivity index (χ3n) is 4.00. The second-order valence-corrected chi connectivity index (χ2v) is 7.18. The zero-order valence-corrected chi connectivity index (χ0v) is 12.8. The van der Waals surface area contributed by atoms with Crippen molar-refractivity contribution in [2.24, 2.45) is 5.92 Å². The Morgan fingerprint density at radius 1 is 1.25 bits per heavy atom. The molecule has 1 aliphatic heterocycles. The molecule has 1 saturated heterocycles. The predicted molar refractivity (Wildman–Crippen MR) is 76.5 cm³/mol. The second-order valence-electron chi connectivity index (χ2n) is 7.18. The highest BCUT2D eigenvalue weighted by molar-refractivity contribution is 5.68. The third-order valence-corrected chi connectivity index (χ3v) is 4.00. The quantitative estimate of drug-likeness (QED) is 0.867. The molecule has 2 aliphatic rings. The Balaban J connectivity index is 1.63. The molecule has 2 fully saturated rings. The van der Waals surface area contributed by atoms with Gasteiger partial charge in [0.25, 0.3) is 0 Å². The molecule has 0 radical (unpaired) electrons. The van der Waals surface area contributed by atoms with Gasteiger partial charge in [0.2, 0.25) is 0 Å². The molecular formula is C15H27FN2O2. The van der Waals surface area contributed by atoms with E-state index in [2.05, 4.69) is 10.2 Å². The van der Waals surface area contributed by atoms with Crippen LogP contribution in [0.2, 0.25) is 0 Å². The van der Waals surface area contributed by atoms with Gasteiger partial charge in [-0.3, -0.25) is 4.90 Å². The molecule has 1 heterocycles. The number of hydrogen-bond donors (Lipinski definition) is 1. The lowest BCUT2D eigenvalue weighted by Crippen LogP contribution is -2.50. The number of rotatable bonds is 3. The van der Waals surface area contributed by atoms with Crippen molar-refractivity contribution in [2.45, 2.75) is 64.3 Å². The van der Waals surface area contributed by atoms with Gasteiger partial charge in [-0.25, -0.2) is 9.18 Å². The van der Waals surface area contributed by atoms with Crippen molar-refractivity contribution in [3.63, 3.8) is 0 Å². The maximum absolute atomic E-state index is 12.8. The van der Waals surface area contributed by atoms with Gasteiger partial charge >= 0.3 is 6.09 Å². The van der Waals surface area contributed by atoms with Crippen molar-refractivity contribution >= 4 is 6.09 Å². The lowest BCUT2D eigenvalue weighted by molar-refractivity contribution is 0.0391. The number of carbonyl (C=O) groups is 1. The van der Waals surface area contributed by atoms with Crippen molar-refractivity contribution in [2.75, 3.05) is 19.6 Å². The van der Waals surface area contributed by atoms with E-state index in [1.54, 1.807) is 0 Å². The summed E-state index contributed by atoms with van der Waals surface area (Å²) in [5.74, 6) is 0.652. The van der Waals surface area contributed by atoms with E-state index in [4.69, 9.17) is 4.74 Å². The van der Waals surface area contributed by atoms with Crippen LogP contribution < -0.4 is 5.32 Å². The van der Waals surface area contributed by atoms with Gasteiger partial charge in [0.05, 0.1) is 0 Å². The van der Waals surface area contributed by atoms with Crippen LogP contribution in [0.15, 0.2) is 0 Å². The third kappa shape index (κ3) is 4.93. The molecule has 1 N–H and O–H groups in total. The first-order valence-electron chi connectivity index (χ1n) is 7.68. The van der Waals surface area contributed by atoms with E-state index in [-0.39, 0.29) is 12.1 Å². The van der Waals surface area contributed by atoms with Crippen molar-refractivity contribution < 1.29 is 13.9 Å². The smallest absolute Gasteiger partial charge is 0.407 e. The molecule has 2 rings (SSSR count). The Bertz CT molecular complexity index is 329. The number of alkyl halides is 1. The molecule has 0 aromatic heterocycles. The molecule has 0 atom stereocenters. The fourth-order valence-corrected chi connectivity index (χ4v) is 2.98. The van der Waals surface area contributed by atoms with E-state index >= 15 is 0 Å². The number of amides is 1. The van der Waals surface area contributed by atoms with Crippen molar-refractivity contribution in [3.05, 3.63) is 0 Å². The van der Waals surface area contributed by atoms with E-state index in [0.29, 0.717) is 19.0 Å². The minimum Gasteiger partial charge on any atom is -0.444 e. The summed E-state index contributed by atoms with van der Waals surface area (Å²) < 4.78 is 18.0. The van der Waals surface area contributed by atoms with Crippen LogP contribution in [0, 0.1) is 5.92 Å². The molecule has 0 aromatic rings. The zero-order chi connectivity index (χ0) is 14.8. The maximum atomic E-state index is 12.8. The molecule has 0 unspecified atom stereocenters. The van der Waals surface area contributed by atoms with E-state index in [1.165, 1.54) is 0 Å². The zero-order valence-electron chi connectivity index (χ0n) is 12.8. The number of carbonyl (C=O) groups excluding carboxylic acids is 1. The largest absolute Gasteiger partial charge is 0.444 e. The molecule has 1 amide bonds. The number of alkyl carbamates (subject to hydrolysis) is 1. The summed E-state index contributed by atoms with van der Waals surface area (Å²) >= 11 is 0. The first kappa shape index (κ1) is 15.5. The minimum absolute atomic E-state index is 0.228. The fourth-order valence-electron chi connectivity index (χ4n) is 2.98. The standard InChI is InChI=1S/C15H27FN2O2/c1-15(2,3)20-14(19)17-13-6-4-11(5-7-13)8-18-9-12(16)10-18/h11-13H,4-10H2,1-3H3,(H,17,19). The SMILES string of the molecule is CC(C)(C)OC(=O)NC1CCC(CN2CC(F)C2)CC1. The monoisotopic (exact) mass is 286 g/mol.